The fourth-order valence-corrected chi connectivity index (χ4v) is 4.63. The van der Waals surface area contributed by atoms with Gasteiger partial charge < -0.3 is 5.32 Å². The summed E-state index contributed by atoms with van der Waals surface area (Å²) in [6, 6.07) is 7.02. The van der Waals surface area contributed by atoms with Crippen molar-refractivity contribution >= 4 is 40.5 Å². The van der Waals surface area contributed by atoms with Gasteiger partial charge in [-0.25, -0.2) is 14.8 Å². The van der Waals surface area contributed by atoms with Crippen molar-refractivity contribution in [2.45, 2.75) is 49.6 Å². The number of hydrazine groups is 1. The summed E-state index contributed by atoms with van der Waals surface area (Å²) in [5, 5.41) is 5.16. The third kappa shape index (κ3) is 3.42. The van der Waals surface area contributed by atoms with Crippen molar-refractivity contribution in [2.75, 3.05) is 5.75 Å². The monoisotopic (exact) mass is 399 g/mol. The second-order valence-electron chi connectivity index (χ2n) is 7.13. The lowest BCUT2D eigenvalue weighted by Gasteiger charge is -2.30. The Hall–Kier alpha value is -2.68. The van der Waals surface area contributed by atoms with E-state index in [-0.39, 0.29) is 11.7 Å². The normalized spacial score (nSPS) is 18.5. The molecule has 4 amide bonds. The molecule has 2 heterocycles. The Morgan fingerprint density at radius 1 is 1.21 bits per heavy atom. The molecule has 28 heavy (non-hydrogen) atoms. The van der Waals surface area contributed by atoms with Gasteiger partial charge in [-0.05, 0) is 25.8 Å². The Labute approximate surface area is 166 Å². The summed E-state index contributed by atoms with van der Waals surface area (Å²) in [4.78, 5) is 46.2. The molecule has 1 aromatic carbocycles. The zero-order chi connectivity index (χ0) is 19.7. The second-order valence-corrected chi connectivity index (χ2v) is 8.09. The van der Waals surface area contributed by atoms with Crippen molar-refractivity contribution in [1.82, 2.24) is 25.7 Å². The molecule has 9 heteroatoms. The first-order valence-electron chi connectivity index (χ1n) is 9.31. The first kappa shape index (κ1) is 18.7. The number of nitrogens with zero attached hydrogens (tertiary/aromatic N) is 3. The summed E-state index contributed by atoms with van der Waals surface area (Å²) in [5.41, 5.74) is 2.41. The van der Waals surface area contributed by atoms with E-state index in [0.717, 1.165) is 35.2 Å². The van der Waals surface area contributed by atoms with Crippen LogP contribution in [0.5, 0.6) is 0 Å². The predicted octanol–water partition coefficient (Wildman–Crippen LogP) is 2.32. The van der Waals surface area contributed by atoms with E-state index in [1.807, 2.05) is 24.3 Å². The number of hydrogen-bond donors (Lipinski definition) is 2. The fourth-order valence-electron chi connectivity index (χ4n) is 3.78. The molecule has 8 nitrogen and oxygen atoms in total. The van der Waals surface area contributed by atoms with Crippen LogP contribution in [-0.4, -0.2) is 44.1 Å². The number of aryl methyl sites for hydroxylation is 1. The molecule has 0 radical (unpaired) electrons. The van der Waals surface area contributed by atoms with E-state index in [1.54, 1.807) is 6.92 Å². The second kappa shape index (κ2) is 7.38. The fraction of sp³-hybridized carbons (Fsp3) is 0.421. The highest BCUT2D eigenvalue weighted by molar-refractivity contribution is 8.00. The minimum Gasteiger partial charge on any atom is -0.322 e. The predicted molar refractivity (Wildman–Crippen MR) is 104 cm³/mol. The van der Waals surface area contributed by atoms with Crippen LogP contribution < -0.4 is 10.7 Å². The number of para-hydroxylation sites is 1. The number of benzene rings is 1. The molecule has 1 saturated heterocycles. The van der Waals surface area contributed by atoms with Gasteiger partial charge in [-0.2, -0.15) is 5.01 Å². The van der Waals surface area contributed by atoms with Gasteiger partial charge in [0.1, 0.15) is 16.4 Å². The molecule has 2 fully saturated rings. The molecule has 0 unspecified atom stereocenters. The summed E-state index contributed by atoms with van der Waals surface area (Å²) in [6.45, 7) is 1.80. The van der Waals surface area contributed by atoms with E-state index in [0.29, 0.717) is 23.7 Å². The molecule has 146 valence electrons. The minimum atomic E-state index is -0.851. The van der Waals surface area contributed by atoms with Gasteiger partial charge in [0, 0.05) is 5.39 Å². The number of nitrogens with one attached hydrogen (secondary N) is 2. The summed E-state index contributed by atoms with van der Waals surface area (Å²) in [5.74, 6) is -0.139. The number of carbonyl (C=O) groups excluding carboxylic acids is 3. The van der Waals surface area contributed by atoms with Crippen molar-refractivity contribution in [1.29, 1.82) is 0 Å². The molecule has 1 aliphatic carbocycles. The van der Waals surface area contributed by atoms with Crippen LogP contribution in [0, 0.1) is 6.92 Å². The minimum absolute atomic E-state index is 0.0322. The molecule has 2 aliphatic rings. The van der Waals surface area contributed by atoms with Gasteiger partial charge in [0.15, 0.2) is 0 Å². The molecular weight excluding hydrogens is 378 g/mol. The molecule has 4 rings (SSSR count). The summed E-state index contributed by atoms with van der Waals surface area (Å²) in [7, 11) is 0. The van der Waals surface area contributed by atoms with E-state index in [9.17, 15) is 14.4 Å². The number of carbonyl (C=O) groups is 3. The molecule has 0 atom stereocenters. The number of thioether (sulfide) groups is 1. The zero-order valence-electron chi connectivity index (χ0n) is 15.5. The molecule has 1 saturated carbocycles. The molecule has 2 N–H and O–H groups in total. The maximum atomic E-state index is 12.7. The SMILES string of the molecule is Cc1nc(SCC(=O)NN2C(=O)NC3(CCCCC3)C2=O)c2ccccc2n1. The number of hydrogen-bond acceptors (Lipinski definition) is 6. The van der Waals surface area contributed by atoms with Crippen LogP contribution in [0.25, 0.3) is 10.9 Å². The number of aromatic nitrogens is 2. The lowest BCUT2D eigenvalue weighted by molar-refractivity contribution is -0.139. The van der Waals surface area contributed by atoms with E-state index >= 15 is 0 Å². The highest BCUT2D eigenvalue weighted by atomic mass is 32.2. The average Bonchev–Trinajstić information content (AvgIpc) is 2.90. The maximum Gasteiger partial charge on any atom is 0.344 e. The van der Waals surface area contributed by atoms with Gasteiger partial charge in [0.05, 0.1) is 11.3 Å². The van der Waals surface area contributed by atoms with E-state index in [4.69, 9.17) is 0 Å². The van der Waals surface area contributed by atoms with Crippen LogP contribution in [-0.2, 0) is 9.59 Å². The van der Waals surface area contributed by atoms with Crippen LogP contribution in [0.1, 0.15) is 37.9 Å². The Bertz CT molecular complexity index is 958. The summed E-state index contributed by atoms with van der Waals surface area (Å²) >= 11 is 1.25. The highest BCUT2D eigenvalue weighted by Crippen LogP contribution is 2.33. The zero-order valence-corrected chi connectivity index (χ0v) is 16.3. The van der Waals surface area contributed by atoms with E-state index in [1.165, 1.54) is 11.8 Å². The summed E-state index contributed by atoms with van der Waals surface area (Å²) < 4.78 is 0. The van der Waals surface area contributed by atoms with Crippen molar-refractivity contribution in [3.05, 3.63) is 30.1 Å². The summed E-state index contributed by atoms with van der Waals surface area (Å²) in [6.07, 6.45) is 4.07. The first-order valence-corrected chi connectivity index (χ1v) is 10.3. The topological polar surface area (TPSA) is 104 Å². The van der Waals surface area contributed by atoms with Gasteiger partial charge in [-0.3, -0.25) is 15.0 Å². The quantitative estimate of drug-likeness (QED) is 0.464. The van der Waals surface area contributed by atoms with Gasteiger partial charge in [0.25, 0.3) is 5.91 Å². The van der Waals surface area contributed by atoms with Gasteiger partial charge in [0.2, 0.25) is 5.91 Å². The van der Waals surface area contributed by atoms with Crippen molar-refractivity contribution in [3.63, 3.8) is 0 Å². The smallest absolute Gasteiger partial charge is 0.322 e. The van der Waals surface area contributed by atoms with E-state index in [2.05, 4.69) is 20.7 Å². The van der Waals surface area contributed by atoms with Crippen LogP contribution >= 0.6 is 11.8 Å². The Kier molecular flexibility index (Phi) is 4.92. The van der Waals surface area contributed by atoms with Crippen LogP contribution in [0.4, 0.5) is 4.79 Å². The Morgan fingerprint density at radius 3 is 2.75 bits per heavy atom. The molecular formula is C19H21N5O3S. The number of urea groups is 1. The van der Waals surface area contributed by atoms with Crippen molar-refractivity contribution < 1.29 is 14.4 Å². The number of amides is 4. The molecule has 1 spiro atoms. The molecule has 1 aliphatic heterocycles. The number of rotatable bonds is 4. The van der Waals surface area contributed by atoms with Gasteiger partial charge in [-0.15, -0.1) is 0 Å². The van der Waals surface area contributed by atoms with E-state index < -0.39 is 17.5 Å². The van der Waals surface area contributed by atoms with Crippen LogP contribution in [0.3, 0.4) is 0 Å². The maximum absolute atomic E-state index is 12.7. The lowest BCUT2D eigenvalue weighted by atomic mass is 9.82. The van der Waals surface area contributed by atoms with Gasteiger partial charge >= 0.3 is 6.03 Å². The molecule has 0 bridgehead atoms. The molecule has 2 aromatic rings. The third-order valence-corrected chi connectivity index (χ3v) is 6.12. The third-order valence-electron chi connectivity index (χ3n) is 5.13. The largest absolute Gasteiger partial charge is 0.344 e. The standard InChI is InChI=1S/C19H21N5O3S/c1-12-20-14-8-4-3-7-13(14)16(21-12)28-11-15(25)23-24-17(26)19(22-18(24)27)9-5-2-6-10-19/h3-4,7-8H,2,5-6,9-11H2,1H3,(H,22,27)(H,23,25). The lowest BCUT2D eigenvalue weighted by Crippen LogP contribution is -2.51. The van der Waals surface area contributed by atoms with Crippen LogP contribution in [0.2, 0.25) is 0 Å². The number of imide groups is 1. The Balaban J connectivity index is 1.43. The molecule has 1 aromatic heterocycles. The van der Waals surface area contributed by atoms with Crippen molar-refractivity contribution in [3.8, 4) is 0 Å². The number of fused-ring (bicyclic) bond motifs is 1. The average molecular weight is 399 g/mol. The first-order chi connectivity index (χ1) is 13.5. The van der Waals surface area contributed by atoms with Crippen LogP contribution in [0.15, 0.2) is 29.3 Å². The highest BCUT2D eigenvalue weighted by Gasteiger charge is 2.52. The Morgan fingerprint density at radius 2 is 1.96 bits per heavy atom. The van der Waals surface area contributed by atoms with Gasteiger partial charge in [-0.1, -0.05) is 49.2 Å². The van der Waals surface area contributed by atoms with Crippen molar-refractivity contribution in [2.24, 2.45) is 0 Å².